The van der Waals surface area contributed by atoms with Crippen molar-refractivity contribution >= 4 is 52.6 Å². The first-order chi connectivity index (χ1) is 17.8. The second-order valence-electron chi connectivity index (χ2n) is 8.83. The van der Waals surface area contributed by atoms with Crippen molar-refractivity contribution < 1.29 is 19.1 Å². The van der Waals surface area contributed by atoms with Crippen molar-refractivity contribution in [1.29, 1.82) is 0 Å². The summed E-state index contributed by atoms with van der Waals surface area (Å²) < 4.78 is 10.8. The predicted octanol–water partition coefficient (Wildman–Crippen LogP) is 4.60. The van der Waals surface area contributed by atoms with Crippen molar-refractivity contribution in [3.8, 4) is 11.5 Å². The second-order valence-corrected chi connectivity index (χ2v) is 9.59. The third-order valence-corrected chi connectivity index (χ3v) is 7.52. The minimum absolute atomic E-state index is 0.0482. The van der Waals surface area contributed by atoms with Crippen LogP contribution >= 0.6 is 23.2 Å². The number of aromatic nitrogens is 2. The monoisotopic (exact) mass is 548 g/mol. The quantitative estimate of drug-likeness (QED) is 0.481. The Balaban J connectivity index is 1.65. The summed E-state index contributed by atoms with van der Waals surface area (Å²) in [7, 11) is 4.70. The Morgan fingerprint density at radius 3 is 2.43 bits per heavy atom. The summed E-state index contributed by atoms with van der Waals surface area (Å²) in [6.07, 6.45) is 5.50. The normalized spacial score (nSPS) is 15.9. The van der Waals surface area contributed by atoms with E-state index >= 15 is 0 Å². The zero-order valence-electron chi connectivity index (χ0n) is 21.1. The summed E-state index contributed by atoms with van der Waals surface area (Å²) in [5.74, 6) is 1.95. The molecule has 3 amide bonds. The Bertz CT molecular complexity index is 1170. The van der Waals surface area contributed by atoms with Crippen molar-refractivity contribution in [2.45, 2.75) is 25.8 Å². The van der Waals surface area contributed by atoms with Gasteiger partial charge in [0.25, 0.3) is 0 Å². The molecule has 1 aromatic heterocycles. The van der Waals surface area contributed by atoms with Crippen LogP contribution in [-0.2, 0) is 11.3 Å². The lowest BCUT2D eigenvalue weighted by molar-refractivity contribution is -0.127. The molecule has 0 unspecified atom stereocenters. The minimum Gasteiger partial charge on any atom is -0.495 e. The highest BCUT2D eigenvalue weighted by molar-refractivity contribution is 6.42. The summed E-state index contributed by atoms with van der Waals surface area (Å²) in [4.78, 5) is 39.8. The Labute approximate surface area is 226 Å². The smallest absolute Gasteiger partial charge is 0.330 e. The van der Waals surface area contributed by atoms with Gasteiger partial charge in [-0.15, -0.1) is 0 Å². The van der Waals surface area contributed by atoms with Crippen LogP contribution in [0, 0.1) is 5.92 Å². The average Bonchev–Trinajstić information content (AvgIpc) is 2.92. The molecule has 2 aliphatic heterocycles. The lowest BCUT2D eigenvalue weighted by atomic mass is 9.93. The maximum absolute atomic E-state index is 14.0. The first-order valence-corrected chi connectivity index (χ1v) is 12.7. The number of hydrogen-bond donors (Lipinski definition) is 1. The highest BCUT2D eigenvalue weighted by Crippen LogP contribution is 2.48. The van der Waals surface area contributed by atoms with Crippen molar-refractivity contribution in [3.63, 3.8) is 0 Å². The van der Waals surface area contributed by atoms with Crippen molar-refractivity contribution in [2.24, 2.45) is 5.92 Å². The van der Waals surface area contributed by atoms with E-state index in [9.17, 15) is 9.59 Å². The zero-order chi connectivity index (χ0) is 26.7. The van der Waals surface area contributed by atoms with Gasteiger partial charge < -0.3 is 19.7 Å². The van der Waals surface area contributed by atoms with E-state index in [4.69, 9.17) is 32.7 Å². The third-order valence-electron chi connectivity index (χ3n) is 6.79. The number of carbonyl (C=O) groups is 2. The molecule has 198 valence electrons. The fourth-order valence-electron chi connectivity index (χ4n) is 4.71. The number of nitrogens with zero attached hydrogens (tertiary/aromatic N) is 5. The minimum atomic E-state index is -0.313. The van der Waals surface area contributed by atoms with Crippen molar-refractivity contribution in [2.75, 3.05) is 56.0 Å². The van der Waals surface area contributed by atoms with Crippen LogP contribution in [-0.4, -0.2) is 67.7 Å². The van der Waals surface area contributed by atoms with Crippen LogP contribution in [0.25, 0.3) is 0 Å². The number of hydrogen-bond acceptors (Lipinski definition) is 7. The Kier molecular flexibility index (Phi) is 8.29. The number of fused-ring (bicyclic) bond motifs is 1. The highest BCUT2D eigenvalue weighted by atomic mass is 35.5. The fourth-order valence-corrected chi connectivity index (χ4v) is 5.41. The molecule has 1 aromatic carbocycles. The van der Waals surface area contributed by atoms with Gasteiger partial charge >= 0.3 is 6.03 Å². The summed E-state index contributed by atoms with van der Waals surface area (Å²) in [6.45, 7) is 5.52. The van der Waals surface area contributed by atoms with E-state index in [1.807, 2.05) is 0 Å². The maximum Gasteiger partial charge on any atom is 0.330 e. The number of nitrogens with one attached hydrogen (secondary N) is 1. The number of halogens is 2. The van der Waals surface area contributed by atoms with Crippen LogP contribution in [0.15, 0.2) is 24.9 Å². The van der Waals surface area contributed by atoms with Gasteiger partial charge in [-0.1, -0.05) is 29.8 Å². The molecule has 10 nitrogen and oxygen atoms in total. The molecule has 37 heavy (non-hydrogen) atoms. The number of carbonyl (C=O) groups excluding carboxylic acids is 2. The van der Waals surface area contributed by atoms with E-state index in [0.717, 1.165) is 24.8 Å². The van der Waals surface area contributed by atoms with E-state index in [1.54, 1.807) is 29.1 Å². The number of amides is 3. The Morgan fingerprint density at radius 1 is 1.22 bits per heavy atom. The number of ether oxygens (including phenoxy) is 2. The van der Waals surface area contributed by atoms with E-state index < -0.39 is 0 Å². The molecule has 12 heteroatoms. The lowest BCUT2D eigenvalue weighted by Crippen LogP contribution is -2.49. The van der Waals surface area contributed by atoms with Gasteiger partial charge in [0, 0.05) is 44.5 Å². The average molecular weight is 549 g/mol. The maximum atomic E-state index is 14.0. The standard InChI is InChI=1S/C25H30Cl2N6O4/c1-5-19(34)31-9-6-15(7-10-31)8-11-32-23-16(13-29-24(28-2)30-23)14-33(25(32)35)22-20(26)17(36-3)12-18(37-4)21(22)27/h5,12-13,15H,1,6-11,14H2,2-4H3,(H,28,29,30). The Morgan fingerprint density at radius 2 is 1.86 bits per heavy atom. The number of benzene rings is 1. The van der Waals surface area contributed by atoms with Gasteiger partial charge in [-0.2, -0.15) is 4.98 Å². The summed E-state index contributed by atoms with van der Waals surface area (Å²) in [6, 6.07) is 1.27. The molecular formula is C25H30Cl2N6O4. The highest BCUT2D eigenvalue weighted by Gasteiger charge is 2.37. The van der Waals surface area contributed by atoms with Crippen LogP contribution in [0.3, 0.4) is 0 Å². The van der Waals surface area contributed by atoms with Gasteiger partial charge in [0.1, 0.15) is 27.4 Å². The Hall–Kier alpha value is -3.24. The van der Waals surface area contributed by atoms with Crippen LogP contribution in [0.1, 0.15) is 24.8 Å². The number of anilines is 3. The van der Waals surface area contributed by atoms with Crippen LogP contribution in [0.2, 0.25) is 10.0 Å². The van der Waals surface area contributed by atoms with E-state index in [1.165, 1.54) is 25.2 Å². The van der Waals surface area contributed by atoms with Crippen LogP contribution in [0.5, 0.6) is 11.5 Å². The van der Waals surface area contributed by atoms with Crippen molar-refractivity contribution in [3.05, 3.63) is 40.5 Å². The van der Waals surface area contributed by atoms with E-state index in [0.29, 0.717) is 54.5 Å². The molecular weight excluding hydrogens is 519 g/mol. The lowest BCUT2D eigenvalue weighted by Gasteiger charge is -2.38. The topological polar surface area (TPSA) is 100 Å². The summed E-state index contributed by atoms with van der Waals surface area (Å²) in [5.41, 5.74) is 1.05. The van der Waals surface area contributed by atoms with Gasteiger partial charge in [0.05, 0.1) is 26.5 Å². The molecule has 1 fully saturated rings. The predicted molar refractivity (Wildman–Crippen MR) is 144 cm³/mol. The molecule has 1 N–H and O–H groups in total. The number of urea groups is 1. The molecule has 0 saturated carbocycles. The zero-order valence-corrected chi connectivity index (χ0v) is 22.6. The summed E-state index contributed by atoms with van der Waals surface area (Å²) in [5, 5.41) is 3.35. The van der Waals surface area contributed by atoms with Gasteiger partial charge in [-0.3, -0.25) is 14.6 Å². The molecule has 4 rings (SSSR count). The van der Waals surface area contributed by atoms with E-state index in [-0.39, 0.29) is 28.5 Å². The molecule has 0 spiro atoms. The van der Waals surface area contributed by atoms with Gasteiger partial charge in [0.15, 0.2) is 0 Å². The first-order valence-electron chi connectivity index (χ1n) is 12.0. The van der Waals surface area contributed by atoms with Crippen LogP contribution in [0.4, 0.5) is 22.2 Å². The number of piperidine rings is 1. The SMILES string of the molecule is C=CC(=O)N1CCC(CCN2C(=O)N(c3c(Cl)c(OC)cc(OC)c3Cl)Cc3cnc(NC)nc32)CC1. The second kappa shape index (κ2) is 11.4. The molecule has 2 aromatic rings. The fraction of sp³-hybridized carbons (Fsp3) is 0.440. The molecule has 0 atom stereocenters. The van der Waals surface area contributed by atoms with Gasteiger partial charge in [-0.25, -0.2) is 9.78 Å². The molecule has 0 aliphatic carbocycles. The molecule has 0 bridgehead atoms. The number of likely N-dealkylation sites (tertiary alicyclic amines) is 1. The first kappa shape index (κ1) is 26.8. The number of rotatable bonds is 8. The van der Waals surface area contributed by atoms with Gasteiger partial charge in [0.2, 0.25) is 11.9 Å². The molecule has 2 aliphatic rings. The van der Waals surface area contributed by atoms with E-state index in [2.05, 4.69) is 21.9 Å². The number of methoxy groups -OCH3 is 2. The molecule has 0 radical (unpaired) electrons. The molecule has 1 saturated heterocycles. The summed E-state index contributed by atoms with van der Waals surface area (Å²) >= 11 is 13.3. The van der Waals surface area contributed by atoms with Crippen LogP contribution < -0.4 is 24.6 Å². The molecule has 3 heterocycles. The third kappa shape index (κ3) is 5.26. The van der Waals surface area contributed by atoms with Crippen molar-refractivity contribution in [1.82, 2.24) is 14.9 Å². The largest absolute Gasteiger partial charge is 0.495 e. The van der Waals surface area contributed by atoms with Gasteiger partial charge in [-0.05, 0) is 31.3 Å².